The number of carbonyl (C=O) groups is 1. The Labute approximate surface area is 168 Å². The second kappa shape index (κ2) is 8.48. The maximum Gasteiger partial charge on any atom is 0.258 e. The SMILES string of the molecule is CC[C@@H](C)NC(=O)COc1c(-c2ccc(Cl)cc2)oc2cc(C)ccc2c1=O. The number of benzene rings is 2. The molecule has 0 unspecified atom stereocenters. The Hall–Kier alpha value is -2.79. The quantitative estimate of drug-likeness (QED) is 0.651. The smallest absolute Gasteiger partial charge is 0.258 e. The molecule has 0 bridgehead atoms. The van der Waals surface area contributed by atoms with Crippen LogP contribution in [0.3, 0.4) is 0 Å². The van der Waals surface area contributed by atoms with E-state index in [-0.39, 0.29) is 35.5 Å². The van der Waals surface area contributed by atoms with Gasteiger partial charge in [-0.1, -0.05) is 24.6 Å². The van der Waals surface area contributed by atoms with Crippen molar-refractivity contribution in [3.63, 3.8) is 0 Å². The third kappa shape index (κ3) is 4.37. The first-order valence-corrected chi connectivity index (χ1v) is 9.52. The van der Waals surface area contributed by atoms with Gasteiger partial charge >= 0.3 is 0 Å². The lowest BCUT2D eigenvalue weighted by Gasteiger charge is -2.14. The Balaban J connectivity index is 2.05. The molecule has 0 aliphatic heterocycles. The summed E-state index contributed by atoms with van der Waals surface area (Å²) in [6.45, 7) is 5.53. The van der Waals surface area contributed by atoms with Gasteiger partial charge in [0.25, 0.3) is 5.91 Å². The lowest BCUT2D eigenvalue weighted by Crippen LogP contribution is -2.36. The van der Waals surface area contributed by atoms with Crippen LogP contribution >= 0.6 is 11.6 Å². The average molecular weight is 400 g/mol. The molecule has 1 N–H and O–H groups in total. The fraction of sp³-hybridized carbons (Fsp3) is 0.273. The molecule has 0 fully saturated rings. The topological polar surface area (TPSA) is 68.5 Å². The third-order valence-corrected chi connectivity index (χ3v) is 4.73. The Morgan fingerprint density at radius 2 is 1.93 bits per heavy atom. The molecule has 1 atom stereocenters. The predicted molar refractivity (Wildman–Crippen MR) is 111 cm³/mol. The van der Waals surface area contributed by atoms with Crippen LogP contribution in [0.1, 0.15) is 25.8 Å². The molecular weight excluding hydrogens is 378 g/mol. The van der Waals surface area contributed by atoms with Crippen molar-refractivity contribution in [2.45, 2.75) is 33.2 Å². The molecule has 1 aromatic heterocycles. The lowest BCUT2D eigenvalue weighted by molar-refractivity contribution is -0.123. The van der Waals surface area contributed by atoms with E-state index >= 15 is 0 Å². The number of hydrogen-bond donors (Lipinski definition) is 1. The van der Waals surface area contributed by atoms with E-state index in [1.807, 2.05) is 26.8 Å². The van der Waals surface area contributed by atoms with E-state index < -0.39 is 0 Å². The van der Waals surface area contributed by atoms with Crippen molar-refractivity contribution in [3.8, 4) is 17.1 Å². The maximum atomic E-state index is 13.0. The number of nitrogens with one attached hydrogen (secondary N) is 1. The van der Waals surface area contributed by atoms with Gasteiger partial charge in [0.15, 0.2) is 12.4 Å². The number of ether oxygens (including phenoxy) is 1. The van der Waals surface area contributed by atoms with Crippen LogP contribution in [0.5, 0.6) is 5.75 Å². The molecule has 0 saturated heterocycles. The number of halogens is 1. The molecule has 0 aliphatic carbocycles. The van der Waals surface area contributed by atoms with Gasteiger partial charge in [-0.3, -0.25) is 9.59 Å². The van der Waals surface area contributed by atoms with Crippen LogP contribution < -0.4 is 15.5 Å². The van der Waals surface area contributed by atoms with Crippen molar-refractivity contribution < 1.29 is 13.9 Å². The minimum atomic E-state index is -0.317. The van der Waals surface area contributed by atoms with E-state index in [1.165, 1.54) is 0 Å². The summed E-state index contributed by atoms with van der Waals surface area (Å²) in [5.41, 5.74) is 1.76. The number of hydrogen-bond acceptors (Lipinski definition) is 4. The van der Waals surface area contributed by atoms with Crippen molar-refractivity contribution in [3.05, 3.63) is 63.3 Å². The zero-order valence-electron chi connectivity index (χ0n) is 16.0. The average Bonchev–Trinajstić information content (AvgIpc) is 2.67. The third-order valence-electron chi connectivity index (χ3n) is 4.48. The Bertz CT molecular complexity index is 1060. The summed E-state index contributed by atoms with van der Waals surface area (Å²) in [6.07, 6.45) is 0.805. The molecule has 0 saturated carbocycles. The van der Waals surface area contributed by atoms with E-state index in [2.05, 4.69) is 5.32 Å². The minimum Gasteiger partial charge on any atom is -0.476 e. The summed E-state index contributed by atoms with van der Waals surface area (Å²) in [7, 11) is 0. The fourth-order valence-electron chi connectivity index (χ4n) is 2.76. The van der Waals surface area contributed by atoms with E-state index in [0.29, 0.717) is 21.6 Å². The van der Waals surface area contributed by atoms with Crippen LogP contribution in [0.15, 0.2) is 51.7 Å². The van der Waals surface area contributed by atoms with Crippen molar-refractivity contribution >= 4 is 28.5 Å². The fourth-order valence-corrected chi connectivity index (χ4v) is 2.89. The molecule has 0 aliphatic rings. The zero-order chi connectivity index (χ0) is 20.3. The van der Waals surface area contributed by atoms with Gasteiger partial charge in [-0.05, 0) is 62.2 Å². The van der Waals surface area contributed by atoms with Gasteiger partial charge in [-0.2, -0.15) is 0 Å². The van der Waals surface area contributed by atoms with Gasteiger partial charge in [0.1, 0.15) is 5.58 Å². The van der Waals surface area contributed by atoms with E-state index in [1.54, 1.807) is 36.4 Å². The van der Waals surface area contributed by atoms with Crippen molar-refractivity contribution in [2.24, 2.45) is 0 Å². The largest absolute Gasteiger partial charge is 0.476 e. The summed E-state index contributed by atoms with van der Waals surface area (Å²) >= 11 is 5.97. The molecule has 0 radical (unpaired) electrons. The second-order valence-corrected chi connectivity index (χ2v) is 7.20. The molecule has 146 valence electrons. The number of carbonyl (C=O) groups excluding carboxylic acids is 1. The van der Waals surface area contributed by atoms with E-state index in [4.69, 9.17) is 20.8 Å². The number of fused-ring (bicyclic) bond motifs is 1. The second-order valence-electron chi connectivity index (χ2n) is 6.76. The zero-order valence-corrected chi connectivity index (χ0v) is 16.8. The summed E-state index contributed by atoms with van der Waals surface area (Å²) < 4.78 is 11.7. The molecule has 6 heteroatoms. The first-order valence-electron chi connectivity index (χ1n) is 9.14. The highest BCUT2D eigenvalue weighted by Crippen LogP contribution is 2.31. The highest BCUT2D eigenvalue weighted by Gasteiger charge is 2.19. The highest BCUT2D eigenvalue weighted by atomic mass is 35.5. The monoisotopic (exact) mass is 399 g/mol. The molecule has 28 heavy (non-hydrogen) atoms. The highest BCUT2D eigenvalue weighted by molar-refractivity contribution is 6.30. The Morgan fingerprint density at radius 1 is 1.21 bits per heavy atom. The number of aryl methyl sites for hydroxylation is 1. The van der Waals surface area contributed by atoms with Crippen LogP contribution in [0.4, 0.5) is 0 Å². The standard InChI is InChI=1S/C22H22ClNO4/c1-4-14(3)24-19(25)12-27-22-20(26)17-10-5-13(2)11-18(17)28-21(22)15-6-8-16(23)9-7-15/h5-11,14H,4,12H2,1-3H3,(H,24,25)/t14-/m1/s1. The molecule has 0 spiro atoms. The summed E-state index contributed by atoms with van der Waals surface area (Å²) in [6, 6.07) is 12.3. The van der Waals surface area contributed by atoms with Gasteiger partial charge < -0.3 is 14.5 Å². The van der Waals surface area contributed by atoms with Gasteiger partial charge in [-0.25, -0.2) is 0 Å². The van der Waals surface area contributed by atoms with Crippen molar-refractivity contribution in [1.82, 2.24) is 5.32 Å². The van der Waals surface area contributed by atoms with Gasteiger partial charge in [0.2, 0.25) is 11.2 Å². The summed E-state index contributed by atoms with van der Waals surface area (Å²) in [4.78, 5) is 25.2. The Morgan fingerprint density at radius 3 is 2.61 bits per heavy atom. The van der Waals surface area contributed by atoms with Gasteiger partial charge in [-0.15, -0.1) is 0 Å². The molecule has 2 aromatic carbocycles. The number of amides is 1. The predicted octanol–water partition coefficient (Wildman–Crippen LogP) is 4.72. The summed E-state index contributed by atoms with van der Waals surface area (Å²) in [5, 5.41) is 3.79. The molecular formula is C22H22ClNO4. The lowest BCUT2D eigenvalue weighted by atomic mass is 10.1. The van der Waals surface area contributed by atoms with Crippen molar-refractivity contribution in [2.75, 3.05) is 6.61 Å². The first kappa shape index (κ1) is 20.0. The van der Waals surface area contributed by atoms with Crippen LogP contribution in [-0.4, -0.2) is 18.6 Å². The molecule has 3 aromatic rings. The molecule has 1 amide bonds. The maximum absolute atomic E-state index is 13.0. The van der Waals surface area contributed by atoms with E-state index in [0.717, 1.165) is 12.0 Å². The van der Waals surface area contributed by atoms with Crippen molar-refractivity contribution in [1.29, 1.82) is 0 Å². The van der Waals surface area contributed by atoms with Crippen LogP contribution in [0, 0.1) is 6.92 Å². The van der Waals surface area contributed by atoms with Crippen LogP contribution in [0.25, 0.3) is 22.3 Å². The minimum absolute atomic E-state index is 0.0120. The van der Waals surface area contributed by atoms with Crippen LogP contribution in [-0.2, 0) is 4.79 Å². The van der Waals surface area contributed by atoms with Gasteiger partial charge in [0, 0.05) is 16.6 Å². The normalized spacial score (nSPS) is 12.0. The van der Waals surface area contributed by atoms with E-state index in [9.17, 15) is 9.59 Å². The number of rotatable bonds is 6. The summed E-state index contributed by atoms with van der Waals surface area (Å²) in [5.74, 6) is -0.00565. The molecule has 5 nitrogen and oxygen atoms in total. The molecule has 3 rings (SSSR count). The molecule has 1 heterocycles. The Kier molecular flexibility index (Phi) is 6.05. The van der Waals surface area contributed by atoms with Gasteiger partial charge in [0.05, 0.1) is 5.39 Å². The van der Waals surface area contributed by atoms with Crippen LogP contribution in [0.2, 0.25) is 5.02 Å². The first-order chi connectivity index (χ1) is 13.4.